The first-order valence-corrected chi connectivity index (χ1v) is 13.0. The molecule has 0 atom stereocenters. The van der Waals surface area contributed by atoms with Crippen LogP contribution >= 0.6 is 31.9 Å². The third kappa shape index (κ3) is 9.07. The molecule has 1 aromatic rings. The van der Waals surface area contributed by atoms with Crippen molar-refractivity contribution in [2.75, 3.05) is 0 Å². The zero-order valence-electron chi connectivity index (χ0n) is 18.0. The summed E-state index contributed by atoms with van der Waals surface area (Å²) in [6.45, 7) is 4.49. The van der Waals surface area contributed by atoms with Gasteiger partial charge in [0.15, 0.2) is 11.5 Å². The van der Waals surface area contributed by atoms with Gasteiger partial charge in [0.1, 0.15) is 0 Å². The SMILES string of the molecule is CCCCCCCCCc1c(O)c(O)c(Br)c(Br)c1CCCCCCCCC. The number of aromatic hydroxyl groups is 2. The minimum atomic E-state index is -0.0341. The number of benzene rings is 1. The van der Waals surface area contributed by atoms with E-state index in [0.717, 1.165) is 35.7 Å². The highest BCUT2D eigenvalue weighted by Gasteiger charge is 2.20. The average Bonchev–Trinajstić information content (AvgIpc) is 2.70. The van der Waals surface area contributed by atoms with Gasteiger partial charge >= 0.3 is 0 Å². The number of halogens is 2. The molecule has 0 aliphatic heterocycles. The van der Waals surface area contributed by atoms with Gasteiger partial charge in [0, 0.05) is 10.0 Å². The number of hydrogen-bond acceptors (Lipinski definition) is 2. The quantitative estimate of drug-likeness (QED) is 0.169. The van der Waals surface area contributed by atoms with E-state index in [0.29, 0.717) is 4.47 Å². The van der Waals surface area contributed by atoms with E-state index in [1.807, 2.05) is 0 Å². The third-order valence-electron chi connectivity index (χ3n) is 5.60. The van der Waals surface area contributed by atoms with Crippen LogP contribution in [0.15, 0.2) is 8.95 Å². The Morgan fingerprint density at radius 1 is 0.500 bits per heavy atom. The van der Waals surface area contributed by atoms with Gasteiger partial charge in [-0.05, 0) is 63.1 Å². The zero-order valence-corrected chi connectivity index (χ0v) is 21.1. The minimum absolute atomic E-state index is 0.0341. The van der Waals surface area contributed by atoms with Crippen molar-refractivity contribution in [3.8, 4) is 11.5 Å². The number of hydrogen-bond donors (Lipinski definition) is 2. The van der Waals surface area contributed by atoms with Crippen LogP contribution in [-0.2, 0) is 12.8 Å². The highest BCUT2D eigenvalue weighted by atomic mass is 79.9. The maximum Gasteiger partial charge on any atom is 0.173 e. The summed E-state index contributed by atoms with van der Waals surface area (Å²) in [5.74, 6) is 0.0344. The number of phenols is 2. The summed E-state index contributed by atoms with van der Waals surface area (Å²) in [6.07, 6.45) is 19.5. The summed E-state index contributed by atoms with van der Waals surface area (Å²) in [7, 11) is 0. The van der Waals surface area contributed by atoms with E-state index < -0.39 is 0 Å². The molecule has 2 nitrogen and oxygen atoms in total. The van der Waals surface area contributed by atoms with Crippen LogP contribution in [-0.4, -0.2) is 10.2 Å². The Morgan fingerprint density at radius 3 is 1.36 bits per heavy atom. The fourth-order valence-electron chi connectivity index (χ4n) is 3.81. The van der Waals surface area contributed by atoms with Crippen molar-refractivity contribution < 1.29 is 10.2 Å². The molecule has 0 aromatic heterocycles. The largest absolute Gasteiger partial charge is 0.504 e. The minimum Gasteiger partial charge on any atom is -0.504 e. The summed E-state index contributed by atoms with van der Waals surface area (Å²) >= 11 is 7.08. The topological polar surface area (TPSA) is 40.5 Å². The molecule has 0 spiro atoms. The van der Waals surface area contributed by atoms with E-state index in [1.54, 1.807) is 0 Å². The van der Waals surface area contributed by atoms with E-state index in [-0.39, 0.29) is 11.5 Å². The van der Waals surface area contributed by atoms with Crippen molar-refractivity contribution >= 4 is 31.9 Å². The molecule has 0 unspecified atom stereocenters. The Morgan fingerprint density at radius 2 is 0.893 bits per heavy atom. The predicted molar refractivity (Wildman–Crippen MR) is 129 cm³/mol. The van der Waals surface area contributed by atoms with E-state index in [1.165, 1.54) is 82.6 Å². The van der Waals surface area contributed by atoms with Gasteiger partial charge in [0.05, 0.1) is 4.47 Å². The standard InChI is InChI=1S/C24H40Br2O2/c1-3-5-7-9-11-13-15-17-19-20(18-16-14-12-10-8-6-4-2)23(27)24(28)22(26)21(19)25/h27-28H,3-18H2,1-2H3. The lowest BCUT2D eigenvalue weighted by Crippen LogP contribution is -2.00. The summed E-state index contributed by atoms with van der Waals surface area (Å²) in [4.78, 5) is 0. The van der Waals surface area contributed by atoms with Crippen molar-refractivity contribution in [1.82, 2.24) is 0 Å². The average molecular weight is 520 g/mol. The van der Waals surface area contributed by atoms with Crippen LogP contribution in [0.5, 0.6) is 11.5 Å². The molecule has 0 amide bonds. The lowest BCUT2D eigenvalue weighted by atomic mass is 9.95. The van der Waals surface area contributed by atoms with E-state index >= 15 is 0 Å². The fourth-order valence-corrected chi connectivity index (χ4v) is 4.86. The van der Waals surface area contributed by atoms with Gasteiger partial charge < -0.3 is 10.2 Å². The van der Waals surface area contributed by atoms with Crippen molar-refractivity contribution in [2.45, 2.75) is 117 Å². The first kappa shape index (κ1) is 25.8. The molecule has 162 valence electrons. The normalized spacial score (nSPS) is 11.3. The van der Waals surface area contributed by atoms with Crippen LogP contribution in [0, 0.1) is 0 Å². The second-order valence-electron chi connectivity index (χ2n) is 8.02. The van der Waals surface area contributed by atoms with Gasteiger partial charge in [0.2, 0.25) is 0 Å². The van der Waals surface area contributed by atoms with Crippen LogP contribution in [0.4, 0.5) is 0 Å². The second-order valence-corrected chi connectivity index (χ2v) is 9.61. The summed E-state index contributed by atoms with van der Waals surface area (Å²) in [5.41, 5.74) is 2.11. The highest BCUT2D eigenvalue weighted by Crippen LogP contribution is 2.45. The molecule has 4 heteroatoms. The summed E-state index contributed by atoms with van der Waals surface area (Å²) in [5, 5.41) is 20.8. The van der Waals surface area contributed by atoms with E-state index in [9.17, 15) is 10.2 Å². The fraction of sp³-hybridized carbons (Fsp3) is 0.750. The van der Waals surface area contributed by atoms with Crippen molar-refractivity contribution in [3.63, 3.8) is 0 Å². The molecule has 1 aromatic carbocycles. The van der Waals surface area contributed by atoms with Gasteiger partial charge in [-0.2, -0.15) is 0 Å². The van der Waals surface area contributed by atoms with Gasteiger partial charge in [-0.15, -0.1) is 0 Å². The van der Waals surface area contributed by atoms with Crippen molar-refractivity contribution in [2.24, 2.45) is 0 Å². The molecule has 0 bridgehead atoms. The Labute approximate surface area is 189 Å². The molecular weight excluding hydrogens is 480 g/mol. The Balaban J connectivity index is 2.60. The third-order valence-corrected chi connectivity index (χ3v) is 7.78. The molecule has 0 fully saturated rings. The van der Waals surface area contributed by atoms with Gasteiger partial charge in [0.25, 0.3) is 0 Å². The summed E-state index contributed by atoms with van der Waals surface area (Å²) in [6, 6.07) is 0. The number of rotatable bonds is 16. The van der Waals surface area contributed by atoms with Crippen LogP contribution in [0.3, 0.4) is 0 Å². The van der Waals surface area contributed by atoms with Gasteiger partial charge in [-0.25, -0.2) is 0 Å². The molecule has 0 heterocycles. The Bertz CT molecular complexity index is 509. The Kier molecular flexibility index (Phi) is 14.4. The van der Waals surface area contributed by atoms with Gasteiger partial charge in [-0.3, -0.25) is 0 Å². The molecule has 0 aliphatic carbocycles. The molecular formula is C24H40Br2O2. The molecule has 0 saturated carbocycles. The lowest BCUT2D eigenvalue weighted by Gasteiger charge is -2.17. The van der Waals surface area contributed by atoms with Crippen LogP contribution in [0.1, 0.15) is 115 Å². The molecule has 0 aliphatic rings. The molecule has 0 saturated heterocycles. The maximum atomic E-state index is 10.6. The second kappa shape index (κ2) is 15.6. The molecule has 1 rings (SSSR count). The predicted octanol–water partition coefficient (Wildman–Crippen LogP) is 9.21. The maximum absolute atomic E-state index is 10.6. The van der Waals surface area contributed by atoms with E-state index in [2.05, 4.69) is 45.7 Å². The number of phenolic OH excluding ortho intramolecular Hbond substituents is 2. The van der Waals surface area contributed by atoms with Gasteiger partial charge in [-0.1, -0.05) is 90.9 Å². The molecule has 2 N–H and O–H groups in total. The lowest BCUT2D eigenvalue weighted by molar-refractivity contribution is 0.394. The smallest absolute Gasteiger partial charge is 0.173 e. The molecule has 28 heavy (non-hydrogen) atoms. The summed E-state index contributed by atoms with van der Waals surface area (Å²) < 4.78 is 1.48. The first-order chi connectivity index (χ1) is 13.5. The molecule has 0 radical (unpaired) electrons. The highest BCUT2D eigenvalue weighted by molar-refractivity contribution is 9.13. The zero-order chi connectivity index (χ0) is 20.8. The van der Waals surface area contributed by atoms with Crippen molar-refractivity contribution in [3.05, 3.63) is 20.1 Å². The van der Waals surface area contributed by atoms with E-state index in [4.69, 9.17) is 0 Å². The number of unbranched alkanes of at least 4 members (excludes halogenated alkanes) is 12. The van der Waals surface area contributed by atoms with Crippen LogP contribution in [0.25, 0.3) is 0 Å². The monoisotopic (exact) mass is 518 g/mol. The van der Waals surface area contributed by atoms with Crippen LogP contribution in [0.2, 0.25) is 0 Å². The van der Waals surface area contributed by atoms with Crippen LogP contribution < -0.4 is 0 Å². The first-order valence-electron chi connectivity index (χ1n) is 11.4. The van der Waals surface area contributed by atoms with Crippen molar-refractivity contribution in [1.29, 1.82) is 0 Å². The Hall–Kier alpha value is -0.220.